The Kier molecular flexibility index (Phi) is 5.42. The Labute approximate surface area is 148 Å². The van der Waals surface area contributed by atoms with Crippen molar-refractivity contribution in [3.05, 3.63) is 47.0 Å². The number of piperidine rings is 1. The van der Waals surface area contributed by atoms with Crippen LogP contribution in [0.1, 0.15) is 31.1 Å². The molecule has 2 N–H and O–H groups in total. The molecule has 1 unspecified atom stereocenters. The molecule has 6 nitrogen and oxygen atoms in total. The first-order valence-electron chi connectivity index (χ1n) is 8.92. The number of nitrogens with one attached hydrogen (secondary N) is 1. The summed E-state index contributed by atoms with van der Waals surface area (Å²) in [6.45, 7) is 5.99. The van der Waals surface area contributed by atoms with E-state index >= 15 is 0 Å². The highest BCUT2D eigenvalue weighted by atomic mass is 16.3. The van der Waals surface area contributed by atoms with E-state index in [2.05, 4.69) is 35.5 Å². The molecule has 0 amide bonds. The van der Waals surface area contributed by atoms with Gasteiger partial charge in [0.15, 0.2) is 0 Å². The van der Waals surface area contributed by atoms with Crippen LogP contribution in [-0.2, 0) is 6.54 Å². The van der Waals surface area contributed by atoms with Crippen LogP contribution >= 0.6 is 0 Å². The highest BCUT2D eigenvalue weighted by molar-refractivity contribution is 5.82. The second-order valence-electron chi connectivity index (χ2n) is 7.03. The van der Waals surface area contributed by atoms with Crippen molar-refractivity contribution in [3.63, 3.8) is 0 Å². The molecule has 25 heavy (non-hydrogen) atoms. The fourth-order valence-electron chi connectivity index (χ4n) is 3.67. The average Bonchev–Trinajstić information content (AvgIpc) is 3.11. The number of aliphatic hydroxyl groups is 1. The Morgan fingerprint density at radius 1 is 1.44 bits per heavy atom. The van der Waals surface area contributed by atoms with E-state index in [0.29, 0.717) is 18.1 Å². The number of likely N-dealkylation sites (tertiary alicyclic amines) is 1. The van der Waals surface area contributed by atoms with Crippen molar-refractivity contribution in [2.75, 3.05) is 27.2 Å². The molecule has 1 fully saturated rings. The van der Waals surface area contributed by atoms with Gasteiger partial charge in [-0.2, -0.15) is 0 Å². The zero-order chi connectivity index (χ0) is 18.0. The number of rotatable bonds is 6. The van der Waals surface area contributed by atoms with Gasteiger partial charge in [-0.05, 0) is 39.4 Å². The van der Waals surface area contributed by atoms with Crippen molar-refractivity contribution in [1.29, 1.82) is 0 Å². The van der Waals surface area contributed by atoms with E-state index in [4.69, 9.17) is 0 Å². The van der Waals surface area contributed by atoms with Gasteiger partial charge in [-0.1, -0.05) is 6.08 Å². The Morgan fingerprint density at radius 3 is 2.80 bits per heavy atom. The van der Waals surface area contributed by atoms with Crippen molar-refractivity contribution in [3.8, 4) is 0 Å². The van der Waals surface area contributed by atoms with Crippen LogP contribution in [-0.4, -0.2) is 57.7 Å². The third-order valence-corrected chi connectivity index (χ3v) is 5.26. The van der Waals surface area contributed by atoms with Gasteiger partial charge in [0.2, 0.25) is 0 Å². The fourth-order valence-corrected chi connectivity index (χ4v) is 3.67. The number of hydrogen-bond donors (Lipinski definition) is 2. The number of aryl methyl sites for hydroxylation is 1. The van der Waals surface area contributed by atoms with Crippen molar-refractivity contribution >= 4 is 10.9 Å². The molecule has 2 aromatic rings. The third kappa shape index (κ3) is 3.56. The second kappa shape index (κ2) is 7.56. The normalized spacial score (nSPS) is 18.1. The number of nitrogens with zero attached hydrogens (tertiary/aromatic N) is 3. The fraction of sp³-hybridized carbons (Fsp3) is 0.526. The Hall–Kier alpha value is -1.89. The Morgan fingerprint density at radius 2 is 2.16 bits per heavy atom. The maximum absolute atomic E-state index is 12.6. The maximum Gasteiger partial charge on any atom is 0.274 e. The van der Waals surface area contributed by atoms with Gasteiger partial charge in [-0.15, -0.1) is 6.58 Å². The van der Waals surface area contributed by atoms with Crippen LogP contribution in [0, 0.1) is 0 Å². The lowest BCUT2D eigenvalue weighted by atomic mass is 10.0. The van der Waals surface area contributed by atoms with Crippen molar-refractivity contribution < 1.29 is 5.11 Å². The molecule has 136 valence electrons. The van der Waals surface area contributed by atoms with E-state index in [-0.39, 0.29) is 5.56 Å². The number of aromatic nitrogens is 2. The Bertz CT molecular complexity index is 784. The van der Waals surface area contributed by atoms with Crippen LogP contribution < -0.4 is 5.56 Å². The summed E-state index contributed by atoms with van der Waals surface area (Å²) in [6, 6.07) is 2.44. The third-order valence-electron chi connectivity index (χ3n) is 5.26. The summed E-state index contributed by atoms with van der Waals surface area (Å²) in [6.07, 6.45) is 7.47. The number of allylic oxidation sites excluding steroid dienone is 1. The standard InChI is InChI=1S/C19H28N4O2/c1-4-5-10-23-13-16(15-6-9-20-17(15)19(23)25)18(24)22-11-7-14(8-12-22)21(2)3/h4,6,9,13-14,18,20,24H,1,5,7-8,10-12H2,2-3H3. The predicted molar refractivity (Wildman–Crippen MR) is 101 cm³/mol. The lowest BCUT2D eigenvalue weighted by molar-refractivity contribution is -0.0217. The van der Waals surface area contributed by atoms with Gasteiger partial charge < -0.3 is 19.6 Å². The first-order valence-corrected chi connectivity index (χ1v) is 8.92. The summed E-state index contributed by atoms with van der Waals surface area (Å²) < 4.78 is 1.67. The van der Waals surface area contributed by atoms with E-state index in [1.54, 1.807) is 16.8 Å². The summed E-state index contributed by atoms with van der Waals surface area (Å²) >= 11 is 0. The lowest BCUT2D eigenvalue weighted by Gasteiger charge is -2.37. The van der Waals surface area contributed by atoms with E-state index in [0.717, 1.165) is 43.3 Å². The number of pyridine rings is 1. The van der Waals surface area contributed by atoms with E-state index < -0.39 is 6.23 Å². The highest BCUT2D eigenvalue weighted by Crippen LogP contribution is 2.27. The van der Waals surface area contributed by atoms with Gasteiger partial charge in [-0.3, -0.25) is 9.69 Å². The van der Waals surface area contributed by atoms with E-state index in [9.17, 15) is 9.90 Å². The SMILES string of the molecule is C=CCCn1cc(C(O)N2CCC(N(C)C)CC2)c2cc[nH]c2c1=O. The summed E-state index contributed by atoms with van der Waals surface area (Å²) in [5.41, 5.74) is 1.30. The highest BCUT2D eigenvalue weighted by Gasteiger charge is 2.27. The number of aromatic amines is 1. The van der Waals surface area contributed by atoms with Crippen molar-refractivity contribution in [2.45, 2.75) is 38.1 Å². The van der Waals surface area contributed by atoms with E-state index in [1.165, 1.54) is 0 Å². The predicted octanol–water partition coefficient (Wildman–Crippen LogP) is 1.92. The number of fused-ring (bicyclic) bond motifs is 1. The van der Waals surface area contributed by atoms with Gasteiger partial charge in [-0.25, -0.2) is 0 Å². The zero-order valence-corrected chi connectivity index (χ0v) is 15.1. The van der Waals surface area contributed by atoms with Crippen LogP contribution in [0.4, 0.5) is 0 Å². The second-order valence-corrected chi connectivity index (χ2v) is 7.03. The topological polar surface area (TPSA) is 64.5 Å². The minimum atomic E-state index is -0.697. The average molecular weight is 344 g/mol. The van der Waals surface area contributed by atoms with Crippen molar-refractivity contribution in [2.24, 2.45) is 0 Å². The molecule has 3 rings (SSSR count). The molecule has 6 heteroatoms. The van der Waals surface area contributed by atoms with Gasteiger partial charge >= 0.3 is 0 Å². The largest absolute Gasteiger partial charge is 0.374 e. The van der Waals surface area contributed by atoms with Gasteiger partial charge in [0, 0.05) is 49.0 Å². The minimum Gasteiger partial charge on any atom is -0.374 e. The molecule has 1 aliphatic heterocycles. The minimum absolute atomic E-state index is 0.0517. The first kappa shape index (κ1) is 17.9. The number of H-pyrrole nitrogens is 1. The summed E-state index contributed by atoms with van der Waals surface area (Å²) in [5.74, 6) is 0. The zero-order valence-electron chi connectivity index (χ0n) is 15.1. The summed E-state index contributed by atoms with van der Waals surface area (Å²) in [5, 5.41) is 11.8. The quantitative estimate of drug-likeness (QED) is 0.786. The molecule has 2 aromatic heterocycles. The first-order chi connectivity index (χ1) is 12.0. The number of hydrogen-bond acceptors (Lipinski definition) is 4. The van der Waals surface area contributed by atoms with Crippen LogP contribution in [0.5, 0.6) is 0 Å². The molecule has 0 aliphatic carbocycles. The van der Waals surface area contributed by atoms with Crippen molar-refractivity contribution in [1.82, 2.24) is 19.4 Å². The molecular formula is C19H28N4O2. The molecule has 0 radical (unpaired) electrons. The molecule has 1 atom stereocenters. The smallest absolute Gasteiger partial charge is 0.274 e. The monoisotopic (exact) mass is 344 g/mol. The molecule has 0 aromatic carbocycles. The maximum atomic E-state index is 12.6. The molecular weight excluding hydrogens is 316 g/mol. The van der Waals surface area contributed by atoms with Crippen LogP contribution in [0.3, 0.4) is 0 Å². The molecule has 3 heterocycles. The number of aliphatic hydroxyl groups excluding tert-OH is 1. The lowest BCUT2D eigenvalue weighted by Crippen LogP contribution is -2.43. The molecule has 1 saturated heterocycles. The van der Waals surface area contributed by atoms with Gasteiger partial charge in [0.05, 0.1) is 0 Å². The Balaban J connectivity index is 1.89. The molecule has 0 spiro atoms. The summed E-state index contributed by atoms with van der Waals surface area (Å²) in [4.78, 5) is 19.9. The molecule has 0 saturated carbocycles. The molecule has 1 aliphatic rings. The van der Waals surface area contributed by atoms with E-state index in [1.807, 2.05) is 12.3 Å². The van der Waals surface area contributed by atoms with Crippen LogP contribution in [0.15, 0.2) is 35.9 Å². The van der Waals surface area contributed by atoms with Gasteiger partial charge in [0.1, 0.15) is 11.7 Å². The molecule has 0 bridgehead atoms. The summed E-state index contributed by atoms with van der Waals surface area (Å²) in [7, 11) is 4.21. The van der Waals surface area contributed by atoms with Crippen LogP contribution in [0.25, 0.3) is 10.9 Å². The van der Waals surface area contributed by atoms with Crippen LogP contribution in [0.2, 0.25) is 0 Å². The van der Waals surface area contributed by atoms with Gasteiger partial charge in [0.25, 0.3) is 5.56 Å².